The van der Waals surface area contributed by atoms with Crippen LogP contribution in [0, 0.1) is 0 Å². The molecule has 6 nitrogen and oxygen atoms in total. The molecule has 4 rings (SSSR count). The van der Waals surface area contributed by atoms with Crippen LogP contribution in [0.4, 0.5) is 5.69 Å². The Balaban J connectivity index is 1.26. The maximum Gasteiger partial charge on any atom is 0.228 e. The van der Waals surface area contributed by atoms with E-state index in [2.05, 4.69) is 39.0 Å². The van der Waals surface area contributed by atoms with Crippen LogP contribution in [0.25, 0.3) is 0 Å². The molecule has 1 aromatic heterocycles. The second-order valence-electron chi connectivity index (χ2n) is 7.00. The molecule has 0 N–H and O–H groups in total. The summed E-state index contributed by atoms with van der Waals surface area (Å²) in [5, 5.41) is 3.13. The number of hydrogen-bond acceptors (Lipinski definition) is 6. The standard InChI is InChI=1S/C20H26N4O2S/c25-20(24-8-6-23(7-9-24)18-4-2-1-3-5-18)14-17-16-27-19(21-17)15-22-10-12-26-13-11-22/h1-5,16H,6-15H2. The minimum Gasteiger partial charge on any atom is -0.379 e. The maximum absolute atomic E-state index is 12.7. The zero-order chi connectivity index (χ0) is 18.5. The molecular formula is C20H26N4O2S. The number of hydrogen-bond donors (Lipinski definition) is 0. The molecule has 144 valence electrons. The highest BCUT2D eigenvalue weighted by molar-refractivity contribution is 7.09. The van der Waals surface area contributed by atoms with Crippen molar-refractivity contribution >= 4 is 22.9 Å². The Morgan fingerprint density at radius 3 is 2.52 bits per heavy atom. The van der Waals surface area contributed by atoms with Crippen LogP contribution >= 0.6 is 11.3 Å². The maximum atomic E-state index is 12.7. The van der Waals surface area contributed by atoms with Gasteiger partial charge >= 0.3 is 0 Å². The van der Waals surface area contributed by atoms with E-state index < -0.39 is 0 Å². The lowest BCUT2D eigenvalue weighted by atomic mass is 10.2. The van der Waals surface area contributed by atoms with Crippen LogP contribution in [0.2, 0.25) is 0 Å². The van der Waals surface area contributed by atoms with E-state index in [0.29, 0.717) is 6.42 Å². The topological polar surface area (TPSA) is 48.9 Å². The molecular weight excluding hydrogens is 360 g/mol. The summed E-state index contributed by atoms with van der Waals surface area (Å²) in [4.78, 5) is 24.0. The number of rotatable bonds is 5. The highest BCUT2D eigenvalue weighted by Crippen LogP contribution is 2.17. The summed E-state index contributed by atoms with van der Waals surface area (Å²) in [6, 6.07) is 10.4. The first-order valence-electron chi connectivity index (χ1n) is 9.59. The monoisotopic (exact) mass is 386 g/mol. The summed E-state index contributed by atoms with van der Waals surface area (Å²) >= 11 is 1.66. The van der Waals surface area contributed by atoms with Crippen LogP contribution in [0.15, 0.2) is 35.7 Å². The van der Waals surface area contributed by atoms with Gasteiger partial charge in [-0.1, -0.05) is 18.2 Å². The Labute approximate surface area is 164 Å². The molecule has 0 aliphatic carbocycles. The highest BCUT2D eigenvalue weighted by atomic mass is 32.1. The van der Waals surface area contributed by atoms with Crippen molar-refractivity contribution in [3.05, 3.63) is 46.4 Å². The van der Waals surface area contributed by atoms with E-state index in [9.17, 15) is 4.79 Å². The van der Waals surface area contributed by atoms with Crippen LogP contribution < -0.4 is 4.90 Å². The molecule has 0 unspecified atom stereocenters. The predicted molar refractivity (Wildman–Crippen MR) is 107 cm³/mol. The molecule has 2 saturated heterocycles. The second kappa shape index (κ2) is 8.82. The first-order chi connectivity index (χ1) is 13.3. The molecule has 0 spiro atoms. The number of amides is 1. The van der Waals surface area contributed by atoms with E-state index in [0.717, 1.165) is 69.7 Å². The molecule has 2 aromatic rings. The molecule has 0 bridgehead atoms. The number of para-hydroxylation sites is 1. The van der Waals surface area contributed by atoms with E-state index in [4.69, 9.17) is 4.74 Å². The van der Waals surface area contributed by atoms with Crippen molar-refractivity contribution in [3.63, 3.8) is 0 Å². The summed E-state index contributed by atoms with van der Waals surface area (Å²) < 4.78 is 5.39. The fraction of sp³-hybridized carbons (Fsp3) is 0.500. The molecule has 0 atom stereocenters. The normalized spacial score (nSPS) is 18.7. The molecule has 7 heteroatoms. The van der Waals surface area contributed by atoms with Gasteiger partial charge in [-0.3, -0.25) is 9.69 Å². The van der Waals surface area contributed by atoms with Gasteiger partial charge in [-0.15, -0.1) is 11.3 Å². The third kappa shape index (κ3) is 4.86. The Morgan fingerprint density at radius 1 is 1.04 bits per heavy atom. The molecule has 2 aliphatic heterocycles. The van der Waals surface area contributed by atoms with Crippen molar-refractivity contribution in [1.29, 1.82) is 0 Å². The Kier molecular flexibility index (Phi) is 6.01. The van der Waals surface area contributed by atoms with Crippen LogP contribution in [0.1, 0.15) is 10.7 Å². The fourth-order valence-corrected chi connectivity index (χ4v) is 4.41. The first kappa shape index (κ1) is 18.4. The lowest BCUT2D eigenvalue weighted by Gasteiger charge is -2.36. The van der Waals surface area contributed by atoms with Crippen LogP contribution in [-0.2, 0) is 22.5 Å². The highest BCUT2D eigenvalue weighted by Gasteiger charge is 2.22. The lowest BCUT2D eigenvalue weighted by Crippen LogP contribution is -2.49. The lowest BCUT2D eigenvalue weighted by molar-refractivity contribution is -0.130. The number of morpholine rings is 1. The summed E-state index contributed by atoms with van der Waals surface area (Å²) in [5.41, 5.74) is 2.13. The molecule has 2 fully saturated rings. The Hall–Kier alpha value is -1.96. The van der Waals surface area contributed by atoms with E-state index in [1.54, 1.807) is 11.3 Å². The van der Waals surface area contributed by atoms with Gasteiger partial charge in [0.1, 0.15) is 5.01 Å². The van der Waals surface area contributed by atoms with Gasteiger partial charge < -0.3 is 14.5 Å². The van der Waals surface area contributed by atoms with E-state index >= 15 is 0 Å². The Morgan fingerprint density at radius 2 is 1.78 bits per heavy atom. The van der Waals surface area contributed by atoms with Gasteiger partial charge in [0.15, 0.2) is 0 Å². The average molecular weight is 387 g/mol. The van der Waals surface area contributed by atoms with Crippen LogP contribution in [0.5, 0.6) is 0 Å². The van der Waals surface area contributed by atoms with Gasteiger partial charge in [0.2, 0.25) is 5.91 Å². The molecule has 27 heavy (non-hydrogen) atoms. The summed E-state index contributed by atoms with van der Waals surface area (Å²) in [6.07, 6.45) is 0.408. The third-order valence-corrected chi connectivity index (χ3v) is 6.03. The van der Waals surface area contributed by atoms with Gasteiger partial charge in [-0.25, -0.2) is 4.98 Å². The number of anilines is 1. The SMILES string of the molecule is O=C(Cc1csc(CN2CCOCC2)n1)N1CCN(c2ccccc2)CC1. The minimum absolute atomic E-state index is 0.186. The van der Waals surface area contributed by atoms with Crippen molar-refractivity contribution in [2.24, 2.45) is 0 Å². The number of benzene rings is 1. The van der Waals surface area contributed by atoms with Gasteiger partial charge in [-0.05, 0) is 12.1 Å². The largest absolute Gasteiger partial charge is 0.379 e. The van der Waals surface area contributed by atoms with Gasteiger partial charge in [0.05, 0.1) is 31.9 Å². The number of carbonyl (C=O) groups excluding carboxylic acids is 1. The van der Waals surface area contributed by atoms with Crippen LogP contribution in [0.3, 0.4) is 0 Å². The third-order valence-electron chi connectivity index (χ3n) is 5.15. The zero-order valence-electron chi connectivity index (χ0n) is 15.5. The number of carbonyl (C=O) groups is 1. The molecule has 3 heterocycles. The number of thiazole rings is 1. The van der Waals surface area contributed by atoms with E-state index in [1.165, 1.54) is 5.69 Å². The zero-order valence-corrected chi connectivity index (χ0v) is 16.4. The van der Waals surface area contributed by atoms with E-state index in [-0.39, 0.29) is 5.91 Å². The quantitative estimate of drug-likeness (QED) is 0.785. The smallest absolute Gasteiger partial charge is 0.228 e. The molecule has 2 aliphatic rings. The van der Waals surface area contributed by atoms with Gasteiger partial charge in [0.25, 0.3) is 0 Å². The minimum atomic E-state index is 0.186. The van der Waals surface area contributed by atoms with Crippen molar-refractivity contribution in [3.8, 4) is 0 Å². The molecule has 1 amide bonds. The number of nitrogens with zero attached hydrogens (tertiary/aromatic N) is 4. The molecule has 0 saturated carbocycles. The number of piperazine rings is 1. The fourth-order valence-electron chi connectivity index (χ4n) is 3.57. The summed E-state index contributed by atoms with van der Waals surface area (Å²) in [5.74, 6) is 0.186. The van der Waals surface area contributed by atoms with Crippen molar-refractivity contribution < 1.29 is 9.53 Å². The number of aromatic nitrogens is 1. The molecule has 0 radical (unpaired) electrons. The van der Waals surface area contributed by atoms with Crippen molar-refractivity contribution in [1.82, 2.24) is 14.8 Å². The molecule has 1 aromatic carbocycles. The van der Waals surface area contributed by atoms with Crippen molar-refractivity contribution in [2.75, 3.05) is 57.4 Å². The second-order valence-corrected chi connectivity index (χ2v) is 7.94. The van der Waals surface area contributed by atoms with Crippen LogP contribution in [-0.4, -0.2) is 73.2 Å². The van der Waals surface area contributed by atoms with Gasteiger partial charge in [-0.2, -0.15) is 0 Å². The average Bonchev–Trinajstić information content (AvgIpc) is 3.16. The summed E-state index contributed by atoms with van der Waals surface area (Å²) in [7, 11) is 0. The van der Waals surface area contributed by atoms with Crippen molar-refractivity contribution in [2.45, 2.75) is 13.0 Å². The summed E-state index contributed by atoms with van der Waals surface area (Å²) in [6.45, 7) is 7.69. The Bertz CT molecular complexity index is 737. The van der Waals surface area contributed by atoms with Gasteiger partial charge in [0, 0.05) is 50.3 Å². The predicted octanol–water partition coefficient (Wildman–Crippen LogP) is 1.87. The first-order valence-corrected chi connectivity index (χ1v) is 10.5. The van der Waals surface area contributed by atoms with E-state index in [1.807, 2.05) is 16.3 Å². The number of ether oxygens (including phenoxy) is 1.